The van der Waals surface area contributed by atoms with Gasteiger partial charge in [-0.25, -0.2) is 4.79 Å². The Morgan fingerprint density at radius 3 is 2.44 bits per heavy atom. The maximum absolute atomic E-state index is 12.4. The number of H-pyrrole nitrogens is 1. The summed E-state index contributed by atoms with van der Waals surface area (Å²) in [7, 11) is 0. The Kier molecular flexibility index (Phi) is 6.64. The zero-order chi connectivity index (χ0) is 18.6. The fourth-order valence-corrected chi connectivity index (χ4v) is 3.65. The first-order valence-electron chi connectivity index (χ1n) is 9.17. The van der Waals surface area contributed by atoms with Gasteiger partial charge in [-0.05, 0) is 52.0 Å². The maximum Gasteiger partial charge on any atom is 0.355 e. The Bertz CT molecular complexity index is 615. The van der Waals surface area contributed by atoms with Crippen molar-refractivity contribution in [2.75, 3.05) is 6.54 Å². The van der Waals surface area contributed by atoms with E-state index in [4.69, 9.17) is 4.74 Å². The van der Waals surface area contributed by atoms with Crippen LogP contribution in [0, 0.1) is 19.8 Å². The lowest BCUT2D eigenvalue weighted by atomic mass is 9.89. The second-order valence-corrected chi connectivity index (χ2v) is 7.14. The molecule has 1 saturated carbocycles. The monoisotopic (exact) mass is 350 g/mol. The molecule has 1 fully saturated rings. The molecule has 25 heavy (non-hydrogen) atoms. The Balaban J connectivity index is 1.91. The zero-order valence-corrected chi connectivity index (χ0v) is 15.6. The number of hydrogen-bond acceptors (Lipinski definition) is 4. The normalized spacial score (nSPS) is 17.8. The van der Waals surface area contributed by atoms with Crippen LogP contribution in [0.2, 0.25) is 0 Å². The van der Waals surface area contributed by atoms with Gasteiger partial charge in [-0.1, -0.05) is 19.3 Å². The van der Waals surface area contributed by atoms with Crippen LogP contribution in [0.25, 0.3) is 0 Å². The molecular formula is C19H30N2O4. The Hall–Kier alpha value is -1.82. The van der Waals surface area contributed by atoms with Gasteiger partial charge >= 0.3 is 5.97 Å². The van der Waals surface area contributed by atoms with Crippen molar-refractivity contribution in [2.24, 2.45) is 5.92 Å². The molecule has 6 heteroatoms. The molecule has 0 saturated heterocycles. The predicted octanol–water partition coefficient (Wildman–Crippen LogP) is 2.93. The highest BCUT2D eigenvalue weighted by atomic mass is 16.5. The summed E-state index contributed by atoms with van der Waals surface area (Å²) in [6, 6.07) is 0. The molecule has 0 unspecified atom stereocenters. The van der Waals surface area contributed by atoms with Crippen LogP contribution in [-0.2, 0) is 9.53 Å². The molecule has 1 aliphatic carbocycles. The molecule has 0 aliphatic heterocycles. The number of esters is 1. The number of carbonyl (C=O) groups is 2. The Labute approximate surface area is 149 Å². The first kappa shape index (κ1) is 19.5. The number of ether oxygens (including phenoxy) is 1. The van der Waals surface area contributed by atoms with Crippen LogP contribution in [-0.4, -0.2) is 34.6 Å². The number of nitrogens with one attached hydrogen (secondary N) is 2. The summed E-state index contributed by atoms with van der Waals surface area (Å²) in [5.41, 5.74) is 2.38. The number of carbonyl (C=O) groups excluding carboxylic acids is 2. The van der Waals surface area contributed by atoms with Gasteiger partial charge in [0, 0.05) is 17.8 Å². The van der Waals surface area contributed by atoms with E-state index in [1.807, 2.05) is 0 Å². The minimum Gasteiger partial charge on any atom is -0.448 e. The van der Waals surface area contributed by atoms with Gasteiger partial charge in [0.1, 0.15) is 5.69 Å². The highest BCUT2D eigenvalue weighted by Gasteiger charge is 2.25. The summed E-state index contributed by atoms with van der Waals surface area (Å²) in [6.45, 7) is 7.43. The molecule has 0 aromatic carbocycles. The van der Waals surface area contributed by atoms with E-state index in [2.05, 4.69) is 10.3 Å². The van der Waals surface area contributed by atoms with Crippen LogP contribution in [0.15, 0.2) is 0 Å². The van der Waals surface area contributed by atoms with Crippen molar-refractivity contribution in [3.63, 3.8) is 0 Å². The summed E-state index contributed by atoms with van der Waals surface area (Å²) >= 11 is 0. The number of aliphatic hydroxyl groups is 1. The second-order valence-electron chi connectivity index (χ2n) is 7.14. The number of aryl methyl sites for hydroxylation is 1. The van der Waals surface area contributed by atoms with Gasteiger partial charge in [0.05, 0.1) is 6.10 Å². The molecule has 1 aromatic heterocycles. The lowest BCUT2D eigenvalue weighted by Gasteiger charge is -2.22. The van der Waals surface area contributed by atoms with Gasteiger partial charge in [-0.15, -0.1) is 0 Å². The molecule has 0 bridgehead atoms. The number of aromatic nitrogens is 1. The van der Waals surface area contributed by atoms with Gasteiger partial charge in [0.25, 0.3) is 5.91 Å². The Morgan fingerprint density at radius 1 is 1.24 bits per heavy atom. The van der Waals surface area contributed by atoms with Crippen molar-refractivity contribution >= 4 is 11.9 Å². The van der Waals surface area contributed by atoms with Crippen LogP contribution in [0.4, 0.5) is 0 Å². The fraction of sp³-hybridized carbons (Fsp3) is 0.684. The van der Waals surface area contributed by atoms with Gasteiger partial charge in [-0.2, -0.15) is 0 Å². The Morgan fingerprint density at radius 2 is 1.88 bits per heavy atom. The number of rotatable bonds is 6. The van der Waals surface area contributed by atoms with Crippen molar-refractivity contribution in [1.29, 1.82) is 0 Å². The predicted molar refractivity (Wildman–Crippen MR) is 95.4 cm³/mol. The highest BCUT2D eigenvalue weighted by molar-refractivity contribution is 5.92. The van der Waals surface area contributed by atoms with Crippen molar-refractivity contribution in [2.45, 2.75) is 72.0 Å². The van der Waals surface area contributed by atoms with Crippen molar-refractivity contribution in [3.8, 4) is 0 Å². The molecule has 1 aliphatic rings. The van der Waals surface area contributed by atoms with E-state index in [-0.39, 0.29) is 5.91 Å². The van der Waals surface area contributed by atoms with E-state index >= 15 is 0 Å². The number of hydrogen-bond donors (Lipinski definition) is 3. The molecule has 1 heterocycles. The third-order valence-electron chi connectivity index (χ3n) is 5.06. The zero-order valence-electron chi connectivity index (χ0n) is 15.6. The average molecular weight is 350 g/mol. The average Bonchev–Trinajstić information content (AvgIpc) is 2.88. The third-order valence-corrected chi connectivity index (χ3v) is 5.06. The molecular weight excluding hydrogens is 320 g/mol. The second kappa shape index (κ2) is 8.52. The highest BCUT2D eigenvalue weighted by Crippen LogP contribution is 2.25. The smallest absolute Gasteiger partial charge is 0.355 e. The van der Waals surface area contributed by atoms with Crippen LogP contribution in [0.1, 0.15) is 79.4 Å². The van der Waals surface area contributed by atoms with Crippen LogP contribution in [0.3, 0.4) is 0 Å². The van der Waals surface area contributed by atoms with E-state index in [0.717, 1.165) is 18.5 Å². The van der Waals surface area contributed by atoms with Gasteiger partial charge in [0.2, 0.25) is 0 Å². The van der Waals surface area contributed by atoms with Crippen molar-refractivity contribution < 1.29 is 19.4 Å². The van der Waals surface area contributed by atoms with E-state index in [1.165, 1.54) is 19.3 Å². The molecule has 0 radical (unpaired) electrons. The summed E-state index contributed by atoms with van der Waals surface area (Å²) in [5.74, 6) is -0.314. The molecule has 140 valence electrons. The molecule has 2 rings (SSSR count). The van der Waals surface area contributed by atoms with Gasteiger partial charge < -0.3 is 20.1 Å². The fourth-order valence-electron chi connectivity index (χ4n) is 3.65. The van der Waals surface area contributed by atoms with E-state index in [0.29, 0.717) is 29.3 Å². The molecule has 3 N–H and O–H groups in total. The van der Waals surface area contributed by atoms with E-state index in [1.54, 1.807) is 27.7 Å². The van der Waals surface area contributed by atoms with Crippen LogP contribution >= 0.6 is 0 Å². The SMILES string of the molecule is Cc1[nH]c(C(=O)O[C@H](C)C(=O)NCC2CCCCC2)c(C)c1[C@@H](C)O. The lowest BCUT2D eigenvalue weighted by molar-refractivity contribution is -0.129. The summed E-state index contributed by atoms with van der Waals surface area (Å²) in [5, 5.41) is 12.7. The standard InChI is InChI=1S/C19H30N2O4/c1-11-16(13(3)22)12(2)21-17(11)19(24)25-14(4)18(23)20-10-15-8-6-5-7-9-15/h13-15,21-22H,5-10H2,1-4H3,(H,20,23)/t13-,14-/m1/s1. The quantitative estimate of drug-likeness (QED) is 0.688. The maximum atomic E-state index is 12.4. The van der Waals surface area contributed by atoms with Crippen molar-refractivity contribution in [1.82, 2.24) is 10.3 Å². The number of amides is 1. The number of aromatic amines is 1. The molecule has 6 nitrogen and oxygen atoms in total. The lowest BCUT2D eigenvalue weighted by Crippen LogP contribution is -2.38. The third kappa shape index (κ3) is 4.84. The van der Waals surface area contributed by atoms with Gasteiger partial charge in [0.15, 0.2) is 6.10 Å². The van der Waals surface area contributed by atoms with Crippen molar-refractivity contribution in [3.05, 3.63) is 22.5 Å². The minimum atomic E-state index is -0.853. The van der Waals surface area contributed by atoms with Gasteiger partial charge in [-0.3, -0.25) is 4.79 Å². The summed E-state index contributed by atoms with van der Waals surface area (Å²) in [6.07, 6.45) is 4.50. The molecule has 1 aromatic rings. The largest absolute Gasteiger partial charge is 0.448 e. The van der Waals surface area contributed by atoms with Crippen LogP contribution < -0.4 is 5.32 Å². The number of aliphatic hydroxyl groups excluding tert-OH is 1. The molecule has 0 spiro atoms. The summed E-state index contributed by atoms with van der Waals surface area (Å²) in [4.78, 5) is 27.5. The first-order valence-corrected chi connectivity index (χ1v) is 9.17. The van der Waals surface area contributed by atoms with Crippen LogP contribution in [0.5, 0.6) is 0 Å². The topological polar surface area (TPSA) is 91.4 Å². The van der Waals surface area contributed by atoms with E-state index < -0.39 is 18.2 Å². The van der Waals surface area contributed by atoms with E-state index in [9.17, 15) is 14.7 Å². The first-order chi connectivity index (χ1) is 11.8. The molecule has 2 atom stereocenters. The summed E-state index contributed by atoms with van der Waals surface area (Å²) < 4.78 is 5.30. The minimum absolute atomic E-state index is 0.268. The molecule has 1 amide bonds.